The van der Waals surface area contributed by atoms with Crippen LogP contribution in [0.25, 0.3) is 0 Å². The van der Waals surface area contributed by atoms with Crippen molar-refractivity contribution in [3.8, 4) is 12.3 Å². The molecule has 1 aromatic rings. The van der Waals surface area contributed by atoms with Gasteiger partial charge in [0, 0.05) is 18.5 Å². The number of aromatic carboxylic acids is 1. The summed E-state index contributed by atoms with van der Waals surface area (Å²) in [5.74, 6) is 1.29. The van der Waals surface area contributed by atoms with E-state index in [4.69, 9.17) is 11.5 Å². The highest BCUT2D eigenvalue weighted by molar-refractivity contribution is 5.89. The Morgan fingerprint density at radius 1 is 1.63 bits per heavy atom. The molecule has 0 saturated heterocycles. The zero-order valence-corrected chi connectivity index (χ0v) is 10.4. The average Bonchev–Trinajstić information content (AvgIpc) is 2.37. The van der Waals surface area contributed by atoms with Crippen LogP contribution in [-0.2, 0) is 0 Å². The van der Waals surface area contributed by atoms with Crippen LogP contribution in [0.1, 0.15) is 30.1 Å². The van der Waals surface area contributed by atoms with Crippen LogP contribution >= 0.6 is 0 Å². The van der Waals surface area contributed by atoms with E-state index in [0.717, 1.165) is 6.07 Å². The molecule has 0 saturated carbocycles. The van der Waals surface area contributed by atoms with Gasteiger partial charge in [0.25, 0.3) is 5.69 Å². The first-order valence-corrected chi connectivity index (χ1v) is 5.71. The number of rotatable bonds is 6. The van der Waals surface area contributed by atoms with Gasteiger partial charge in [-0.15, -0.1) is 12.3 Å². The van der Waals surface area contributed by atoms with Crippen LogP contribution < -0.4 is 5.32 Å². The summed E-state index contributed by atoms with van der Waals surface area (Å²) in [5, 5.41) is 22.7. The maximum absolute atomic E-state index is 11.0. The van der Waals surface area contributed by atoms with Crippen molar-refractivity contribution in [2.24, 2.45) is 0 Å². The van der Waals surface area contributed by atoms with Crippen LogP contribution in [0.4, 0.5) is 11.4 Å². The first kappa shape index (κ1) is 14.5. The molecule has 0 aliphatic carbocycles. The van der Waals surface area contributed by atoms with Crippen molar-refractivity contribution in [2.45, 2.75) is 25.8 Å². The number of nitrogens with one attached hydrogen (secondary N) is 1. The van der Waals surface area contributed by atoms with Gasteiger partial charge in [-0.25, -0.2) is 4.79 Å². The third kappa shape index (κ3) is 3.71. The fraction of sp³-hybridized carbons (Fsp3) is 0.308. The SMILES string of the molecule is C#CCC(CC)Nc1ccc(C(=O)O)cc1[N+](=O)[O-]. The number of terminal acetylenes is 1. The quantitative estimate of drug-likeness (QED) is 0.467. The van der Waals surface area contributed by atoms with Crippen LogP contribution in [0, 0.1) is 22.5 Å². The normalized spacial score (nSPS) is 11.4. The molecule has 1 unspecified atom stereocenters. The zero-order valence-electron chi connectivity index (χ0n) is 10.4. The Balaban J connectivity index is 3.10. The summed E-state index contributed by atoms with van der Waals surface area (Å²) in [5.41, 5.74) is -0.116. The van der Waals surface area contributed by atoms with Gasteiger partial charge in [-0.3, -0.25) is 10.1 Å². The van der Waals surface area contributed by atoms with Gasteiger partial charge in [-0.05, 0) is 18.6 Å². The lowest BCUT2D eigenvalue weighted by molar-refractivity contribution is -0.384. The highest BCUT2D eigenvalue weighted by Gasteiger charge is 2.18. The molecule has 0 spiro atoms. The van der Waals surface area contributed by atoms with Gasteiger partial charge in [-0.2, -0.15) is 0 Å². The molecule has 0 aliphatic heterocycles. The molecule has 1 aromatic carbocycles. The maximum Gasteiger partial charge on any atom is 0.335 e. The Hall–Kier alpha value is -2.55. The molecule has 0 amide bonds. The third-order valence-electron chi connectivity index (χ3n) is 2.66. The molecule has 0 bridgehead atoms. The molecule has 6 heteroatoms. The smallest absolute Gasteiger partial charge is 0.335 e. The highest BCUT2D eigenvalue weighted by atomic mass is 16.6. The van der Waals surface area contributed by atoms with E-state index in [2.05, 4.69) is 11.2 Å². The lowest BCUT2D eigenvalue weighted by Crippen LogP contribution is -2.18. The number of nitro benzene ring substituents is 1. The van der Waals surface area contributed by atoms with Gasteiger partial charge in [0.2, 0.25) is 0 Å². The Labute approximate surface area is 110 Å². The first-order chi connectivity index (χ1) is 8.99. The molecule has 0 heterocycles. The molecule has 19 heavy (non-hydrogen) atoms. The number of hydrogen-bond acceptors (Lipinski definition) is 4. The number of anilines is 1. The fourth-order valence-corrected chi connectivity index (χ4v) is 1.60. The molecule has 0 radical (unpaired) electrons. The van der Waals surface area contributed by atoms with E-state index in [1.54, 1.807) is 0 Å². The molecule has 100 valence electrons. The second-order valence-corrected chi connectivity index (χ2v) is 3.95. The van der Waals surface area contributed by atoms with Gasteiger partial charge >= 0.3 is 5.97 Å². The molecule has 0 aliphatic rings. The van der Waals surface area contributed by atoms with Crippen molar-refractivity contribution in [1.29, 1.82) is 0 Å². The van der Waals surface area contributed by atoms with Crippen LogP contribution in [-0.4, -0.2) is 22.0 Å². The van der Waals surface area contributed by atoms with Gasteiger partial charge in [0.05, 0.1) is 10.5 Å². The number of nitro groups is 1. The van der Waals surface area contributed by atoms with Crippen LogP contribution in [0.5, 0.6) is 0 Å². The predicted octanol–water partition coefficient (Wildman–Crippen LogP) is 2.51. The van der Waals surface area contributed by atoms with Crippen molar-refractivity contribution < 1.29 is 14.8 Å². The summed E-state index contributed by atoms with van der Waals surface area (Å²) in [6.45, 7) is 1.91. The summed E-state index contributed by atoms with van der Waals surface area (Å²) in [7, 11) is 0. The lowest BCUT2D eigenvalue weighted by atomic mass is 10.1. The third-order valence-corrected chi connectivity index (χ3v) is 2.66. The average molecular weight is 262 g/mol. The van der Waals surface area contributed by atoms with Crippen LogP contribution in [0.3, 0.4) is 0 Å². The van der Waals surface area contributed by atoms with E-state index >= 15 is 0 Å². The summed E-state index contributed by atoms with van der Waals surface area (Å²) in [4.78, 5) is 21.1. The molecule has 0 fully saturated rings. The van der Waals surface area contributed by atoms with E-state index in [0.29, 0.717) is 12.8 Å². The monoisotopic (exact) mass is 262 g/mol. The molecule has 0 aromatic heterocycles. The zero-order chi connectivity index (χ0) is 14.4. The molecular weight excluding hydrogens is 248 g/mol. The largest absolute Gasteiger partial charge is 0.478 e. The second-order valence-electron chi connectivity index (χ2n) is 3.95. The Morgan fingerprint density at radius 2 is 2.32 bits per heavy atom. The minimum absolute atomic E-state index is 0.0839. The highest BCUT2D eigenvalue weighted by Crippen LogP contribution is 2.27. The van der Waals surface area contributed by atoms with Gasteiger partial charge < -0.3 is 10.4 Å². The number of carbonyl (C=O) groups is 1. The topological polar surface area (TPSA) is 92.5 Å². The molecule has 1 atom stereocenters. The number of hydrogen-bond donors (Lipinski definition) is 2. The van der Waals surface area contributed by atoms with Crippen LogP contribution in [0.15, 0.2) is 18.2 Å². The van der Waals surface area contributed by atoms with E-state index in [-0.39, 0.29) is 23.0 Å². The van der Waals surface area contributed by atoms with Crippen molar-refractivity contribution in [1.82, 2.24) is 0 Å². The van der Waals surface area contributed by atoms with E-state index in [1.807, 2.05) is 6.92 Å². The van der Waals surface area contributed by atoms with E-state index in [1.165, 1.54) is 12.1 Å². The summed E-state index contributed by atoms with van der Waals surface area (Å²) in [6, 6.07) is 3.66. The molecule has 1 rings (SSSR count). The van der Waals surface area contributed by atoms with Gasteiger partial charge in [-0.1, -0.05) is 6.92 Å². The molecule has 2 N–H and O–H groups in total. The molecular formula is C13H14N2O4. The van der Waals surface area contributed by atoms with Crippen molar-refractivity contribution in [3.63, 3.8) is 0 Å². The van der Waals surface area contributed by atoms with E-state index in [9.17, 15) is 14.9 Å². The van der Waals surface area contributed by atoms with Crippen molar-refractivity contribution >= 4 is 17.3 Å². The number of carboxylic acid groups (broad SMARTS) is 1. The minimum atomic E-state index is -1.20. The van der Waals surface area contributed by atoms with E-state index < -0.39 is 10.9 Å². The van der Waals surface area contributed by atoms with Crippen LogP contribution in [0.2, 0.25) is 0 Å². The van der Waals surface area contributed by atoms with Gasteiger partial charge in [0.1, 0.15) is 5.69 Å². The Morgan fingerprint density at radius 3 is 2.79 bits per heavy atom. The first-order valence-electron chi connectivity index (χ1n) is 5.71. The van der Waals surface area contributed by atoms with Gasteiger partial charge in [0.15, 0.2) is 0 Å². The Kier molecular flexibility index (Phi) is 4.89. The summed E-state index contributed by atoms with van der Waals surface area (Å²) < 4.78 is 0. The summed E-state index contributed by atoms with van der Waals surface area (Å²) >= 11 is 0. The lowest BCUT2D eigenvalue weighted by Gasteiger charge is -2.15. The minimum Gasteiger partial charge on any atom is -0.478 e. The maximum atomic E-state index is 11.0. The Bertz CT molecular complexity index is 534. The predicted molar refractivity (Wildman–Crippen MR) is 71.2 cm³/mol. The van der Waals surface area contributed by atoms with Crippen molar-refractivity contribution in [3.05, 3.63) is 33.9 Å². The molecule has 6 nitrogen and oxygen atoms in total. The number of benzene rings is 1. The second kappa shape index (κ2) is 6.40. The fourth-order valence-electron chi connectivity index (χ4n) is 1.60. The van der Waals surface area contributed by atoms with Crippen molar-refractivity contribution in [2.75, 3.05) is 5.32 Å². The summed E-state index contributed by atoms with van der Waals surface area (Å²) in [6.07, 6.45) is 6.37. The number of nitrogens with zero attached hydrogens (tertiary/aromatic N) is 1. The standard InChI is InChI=1S/C13H14N2O4/c1-3-5-10(4-2)14-11-7-6-9(13(16)17)8-12(11)15(18)19/h1,6-8,10,14H,4-5H2,2H3,(H,16,17). The number of carboxylic acids is 1.